The number of hydrogen-bond donors (Lipinski definition) is 2. The fourth-order valence-electron chi connectivity index (χ4n) is 4.88. The summed E-state index contributed by atoms with van der Waals surface area (Å²) < 4.78 is 5.24. The van der Waals surface area contributed by atoms with Crippen molar-refractivity contribution < 1.29 is 19.4 Å². The highest BCUT2D eigenvalue weighted by Gasteiger charge is 2.63. The molecule has 0 radical (unpaired) electrons. The second-order valence-electron chi connectivity index (χ2n) is 8.25. The van der Waals surface area contributed by atoms with Crippen LogP contribution in [0.1, 0.15) is 54.4 Å². The fourth-order valence-corrected chi connectivity index (χ4v) is 4.88. The predicted molar refractivity (Wildman–Crippen MR) is 109 cm³/mol. The molecule has 152 valence electrons. The number of carbonyl (C=O) groups is 2. The van der Waals surface area contributed by atoms with Crippen LogP contribution in [0.2, 0.25) is 0 Å². The van der Waals surface area contributed by atoms with Gasteiger partial charge in [0.15, 0.2) is 0 Å². The topological polar surface area (TPSA) is 89.6 Å². The van der Waals surface area contributed by atoms with Crippen LogP contribution in [0.25, 0.3) is 0 Å². The third-order valence-corrected chi connectivity index (χ3v) is 6.46. The summed E-state index contributed by atoms with van der Waals surface area (Å²) >= 11 is 0. The maximum absolute atomic E-state index is 12.6. The third-order valence-electron chi connectivity index (χ3n) is 6.46. The molecule has 2 aromatic carbocycles. The van der Waals surface area contributed by atoms with Gasteiger partial charge in [0.2, 0.25) is 5.91 Å². The Kier molecular flexibility index (Phi) is 5.07. The summed E-state index contributed by atoms with van der Waals surface area (Å²) in [7, 11) is 0. The lowest BCUT2D eigenvalue weighted by Crippen LogP contribution is -2.28. The van der Waals surface area contributed by atoms with Crippen LogP contribution in [-0.2, 0) is 27.2 Å². The minimum absolute atomic E-state index is 0.129. The molecule has 1 fully saturated rings. The Balaban J connectivity index is 1.66. The maximum atomic E-state index is 12.6. The smallest absolute Gasteiger partial charge is 0.313 e. The molecule has 3 atom stereocenters. The van der Waals surface area contributed by atoms with Gasteiger partial charge in [-0.3, -0.25) is 9.59 Å². The SMILES string of the molecule is CCOC(=O)[C@@]1(Cc2ccc(O)c(C3CCCc4ccccc43)c2)C[C@@H]1C(N)=O. The fraction of sp³-hybridized carbons (Fsp3) is 0.417. The van der Waals surface area contributed by atoms with Crippen molar-refractivity contribution in [2.45, 2.75) is 44.9 Å². The molecule has 29 heavy (non-hydrogen) atoms. The van der Waals surface area contributed by atoms with Crippen LogP contribution in [0.4, 0.5) is 0 Å². The monoisotopic (exact) mass is 393 g/mol. The van der Waals surface area contributed by atoms with Gasteiger partial charge >= 0.3 is 5.97 Å². The van der Waals surface area contributed by atoms with Crippen molar-refractivity contribution in [1.82, 2.24) is 0 Å². The summed E-state index contributed by atoms with van der Waals surface area (Å²) in [5, 5.41) is 10.6. The van der Waals surface area contributed by atoms with Gasteiger partial charge in [0, 0.05) is 11.5 Å². The van der Waals surface area contributed by atoms with E-state index in [1.807, 2.05) is 18.2 Å². The Hall–Kier alpha value is -2.82. The first-order valence-electron chi connectivity index (χ1n) is 10.3. The van der Waals surface area contributed by atoms with Gasteiger partial charge in [0.1, 0.15) is 5.75 Å². The number of aromatic hydroxyl groups is 1. The van der Waals surface area contributed by atoms with Gasteiger partial charge in [-0.1, -0.05) is 36.4 Å². The molecule has 5 heteroatoms. The zero-order valence-electron chi connectivity index (χ0n) is 16.7. The minimum atomic E-state index is -0.874. The number of carbonyl (C=O) groups excluding carboxylic acids is 2. The number of hydrogen-bond acceptors (Lipinski definition) is 4. The Morgan fingerprint density at radius 2 is 2.00 bits per heavy atom. The van der Waals surface area contributed by atoms with Crippen molar-refractivity contribution in [3.05, 3.63) is 64.7 Å². The van der Waals surface area contributed by atoms with Gasteiger partial charge in [-0.2, -0.15) is 0 Å². The number of benzene rings is 2. The highest BCUT2D eigenvalue weighted by molar-refractivity contribution is 5.93. The molecule has 3 N–H and O–H groups in total. The summed E-state index contributed by atoms with van der Waals surface area (Å²) in [6.07, 6.45) is 3.91. The molecule has 1 saturated carbocycles. The first-order chi connectivity index (χ1) is 14.0. The standard InChI is InChI=1S/C24H27NO4/c1-2-29-23(28)24(14-20(24)22(25)27)13-15-10-11-21(26)19(12-15)18-9-5-7-16-6-3-4-8-17(16)18/h3-4,6,8,10-12,18,20,26H,2,5,7,9,13-14H2,1H3,(H2,25,27)/t18?,20-,24+/m1/s1. The number of rotatable bonds is 6. The zero-order valence-corrected chi connectivity index (χ0v) is 16.7. The van der Waals surface area contributed by atoms with E-state index < -0.39 is 17.2 Å². The van der Waals surface area contributed by atoms with E-state index in [4.69, 9.17) is 10.5 Å². The molecular formula is C24H27NO4. The highest BCUT2D eigenvalue weighted by atomic mass is 16.5. The molecule has 4 rings (SSSR count). The molecule has 0 heterocycles. The van der Waals surface area contributed by atoms with Crippen LogP contribution < -0.4 is 5.73 Å². The molecule has 1 unspecified atom stereocenters. The summed E-state index contributed by atoms with van der Waals surface area (Å²) in [4.78, 5) is 24.3. The normalized spacial score (nSPS) is 25.1. The molecule has 0 aromatic heterocycles. The molecular weight excluding hydrogens is 366 g/mol. The number of ether oxygens (including phenoxy) is 1. The number of amides is 1. The van der Waals surface area contributed by atoms with E-state index in [-0.39, 0.29) is 24.2 Å². The Labute approximate surface area is 170 Å². The molecule has 2 aliphatic carbocycles. The molecule has 0 aliphatic heterocycles. The zero-order chi connectivity index (χ0) is 20.6. The molecule has 0 saturated heterocycles. The Morgan fingerprint density at radius 1 is 1.21 bits per heavy atom. The summed E-state index contributed by atoms with van der Waals surface area (Å²) in [5.41, 5.74) is 9.00. The summed E-state index contributed by atoms with van der Waals surface area (Å²) in [6, 6.07) is 13.9. The summed E-state index contributed by atoms with van der Waals surface area (Å²) in [5.74, 6) is -0.915. The van der Waals surface area contributed by atoms with E-state index in [0.717, 1.165) is 30.4 Å². The van der Waals surface area contributed by atoms with Crippen LogP contribution in [0.5, 0.6) is 5.75 Å². The van der Waals surface area contributed by atoms with E-state index in [0.29, 0.717) is 12.8 Å². The average Bonchev–Trinajstić information content (AvgIpc) is 3.45. The van der Waals surface area contributed by atoms with Crippen molar-refractivity contribution >= 4 is 11.9 Å². The number of phenols is 1. The molecule has 1 amide bonds. The van der Waals surface area contributed by atoms with E-state index in [1.54, 1.807) is 13.0 Å². The highest BCUT2D eigenvalue weighted by Crippen LogP contribution is 2.56. The largest absolute Gasteiger partial charge is 0.508 e. The van der Waals surface area contributed by atoms with Crippen molar-refractivity contribution in [3.63, 3.8) is 0 Å². The summed E-state index contributed by atoms with van der Waals surface area (Å²) in [6.45, 7) is 2.03. The van der Waals surface area contributed by atoms with Crippen molar-refractivity contribution in [2.75, 3.05) is 6.61 Å². The predicted octanol–water partition coefficient (Wildman–Crippen LogP) is 3.46. The van der Waals surface area contributed by atoms with Gasteiger partial charge in [0.25, 0.3) is 0 Å². The van der Waals surface area contributed by atoms with Crippen molar-refractivity contribution in [2.24, 2.45) is 17.1 Å². The van der Waals surface area contributed by atoms with E-state index in [9.17, 15) is 14.7 Å². The number of fused-ring (bicyclic) bond motifs is 1. The Morgan fingerprint density at radius 3 is 2.72 bits per heavy atom. The van der Waals surface area contributed by atoms with Crippen LogP contribution in [0.15, 0.2) is 42.5 Å². The number of aryl methyl sites for hydroxylation is 1. The lowest BCUT2D eigenvalue weighted by atomic mass is 9.78. The third kappa shape index (κ3) is 3.50. The number of primary amides is 1. The number of nitrogens with two attached hydrogens (primary N) is 1. The molecule has 2 aliphatic rings. The average molecular weight is 393 g/mol. The van der Waals surface area contributed by atoms with Gasteiger partial charge in [0.05, 0.1) is 17.9 Å². The second kappa shape index (κ2) is 7.54. The first-order valence-corrected chi connectivity index (χ1v) is 10.3. The Bertz CT molecular complexity index is 954. The van der Waals surface area contributed by atoms with Crippen LogP contribution >= 0.6 is 0 Å². The van der Waals surface area contributed by atoms with E-state index in [1.165, 1.54) is 11.1 Å². The quantitative estimate of drug-likeness (QED) is 0.736. The first kappa shape index (κ1) is 19.5. The maximum Gasteiger partial charge on any atom is 0.313 e. The van der Waals surface area contributed by atoms with Gasteiger partial charge in [-0.25, -0.2) is 0 Å². The lowest BCUT2D eigenvalue weighted by molar-refractivity contribution is -0.151. The van der Waals surface area contributed by atoms with Crippen LogP contribution in [0.3, 0.4) is 0 Å². The second-order valence-corrected chi connectivity index (χ2v) is 8.25. The molecule has 2 aromatic rings. The van der Waals surface area contributed by atoms with Crippen LogP contribution in [-0.4, -0.2) is 23.6 Å². The van der Waals surface area contributed by atoms with Gasteiger partial charge in [-0.15, -0.1) is 0 Å². The van der Waals surface area contributed by atoms with Crippen molar-refractivity contribution in [1.29, 1.82) is 0 Å². The van der Waals surface area contributed by atoms with E-state index in [2.05, 4.69) is 18.2 Å². The number of phenolic OH excluding ortho intramolecular Hbond substituents is 1. The molecule has 0 bridgehead atoms. The number of esters is 1. The van der Waals surface area contributed by atoms with E-state index >= 15 is 0 Å². The van der Waals surface area contributed by atoms with Gasteiger partial charge in [-0.05, 0) is 61.8 Å². The van der Waals surface area contributed by atoms with Crippen LogP contribution in [0, 0.1) is 11.3 Å². The lowest BCUT2D eigenvalue weighted by Gasteiger charge is -2.27. The molecule has 5 nitrogen and oxygen atoms in total. The van der Waals surface area contributed by atoms with Gasteiger partial charge < -0.3 is 15.6 Å². The minimum Gasteiger partial charge on any atom is -0.508 e. The van der Waals surface area contributed by atoms with Crippen molar-refractivity contribution in [3.8, 4) is 5.75 Å². The molecule has 0 spiro atoms.